The number of nitrogens with zero attached hydrogens (tertiary/aromatic N) is 3. The van der Waals surface area contributed by atoms with Crippen LogP contribution in [0.15, 0.2) is 53.3 Å². The summed E-state index contributed by atoms with van der Waals surface area (Å²) in [6, 6.07) is 14.9. The van der Waals surface area contributed by atoms with Crippen molar-refractivity contribution in [1.29, 1.82) is 0 Å². The lowest BCUT2D eigenvalue weighted by Crippen LogP contribution is -2.38. The van der Waals surface area contributed by atoms with Crippen LogP contribution in [0.3, 0.4) is 0 Å². The Morgan fingerprint density at radius 3 is 2.42 bits per heavy atom. The number of fused-ring (bicyclic) bond motifs is 1. The van der Waals surface area contributed by atoms with E-state index in [1.54, 1.807) is 4.57 Å². The monoisotopic (exact) mass is 447 g/mol. The standard InChI is InChI=1S/C28H37N3O2/c1-8-30(25(32)17-20(3)18-28(5,6)7)21(4)26-29-24-15-10-9-14-23(24)27(33)31(26)22-13-11-12-19(2)16-22/h9-16,20-21H,8,17-18H2,1-7H3. The summed E-state index contributed by atoms with van der Waals surface area (Å²) in [5.74, 6) is 0.963. The maximum Gasteiger partial charge on any atom is 0.266 e. The molecule has 2 unspecified atom stereocenters. The van der Waals surface area contributed by atoms with Gasteiger partial charge >= 0.3 is 0 Å². The summed E-state index contributed by atoms with van der Waals surface area (Å²) < 4.78 is 1.68. The third-order valence-electron chi connectivity index (χ3n) is 6.05. The lowest BCUT2D eigenvalue weighted by Gasteiger charge is -2.31. The van der Waals surface area contributed by atoms with Crippen molar-refractivity contribution >= 4 is 16.8 Å². The van der Waals surface area contributed by atoms with Crippen molar-refractivity contribution in [3.63, 3.8) is 0 Å². The van der Waals surface area contributed by atoms with Crippen LogP contribution < -0.4 is 5.56 Å². The smallest absolute Gasteiger partial charge is 0.266 e. The maximum absolute atomic E-state index is 13.6. The average molecular weight is 448 g/mol. The van der Waals surface area contributed by atoms with Gasteiger partial charge in [-0.15, -0.1) is 0 Å². The molecule has 0 spiro atoms. The minimum absolute atomic E-state index is 0.0972. The van der Waals surface area contributed by atoms with Crippen LogP contribution in [0, 0.1) is 18.3 Å². The number of para-hydroxylation sites is 1. The minimum atomic E-state index is -0.345. The van der Waals surface area contributed by atoms with Crippen molar-refractivity contribution < 1.29 is 4.79 Å². The number of carbonyl (C=O) groups is 1. The molecule has 1 heterocycles. The fourth-order valence-electron chi connectivity index (χ4n) is 4.79. The molecule has 176 valence electrons. The van der Waals surface area contributed by atoms with Crippen molar-refractivity contribution in [1.82, 2.24) is 14.5 Å². The normalized spacial score (nSPS) is 13.7. The Labute approximate surface area is 197 Å². The highest BCUT2D eigenvalue weighted by Crippen LogP contribution is 2.28. The van der Waals surface area contributed by atoms with E-state index in [-0.39, 0.29) is 28.8 Å². The molecule has 0 fully saturated rings. The largest absolute Gasteiger partial charge is 0.333 e. The zero-order valence-electron chi connectivity index (χ0n) is 21.1. The Kier molecular flexibility index (Phi) is 7.41. The van der Waals surface area contributed by atoms with Gasteiger partial charge in [-0.2, -0.15) is 0 Å². The van der Waals surface area contributed by atoms with Crippen molar-refractivity contribution in [3.8, 4) is 5.69 Å². The zero-order valence-corrected chi connectivity index (χ0v) is 21.1. The summed E-state index contributed by atoms with van der Waals surface area (Å²) in [6.07, 6.45) is 1.46. The van der Waals surface area contributed by atoms with E-state index in [2.05, 4.69) is 27.7 Å². The van der Waals surface area contributed by atoms with Crippen molar-refractivity contribution in [3.05, 3.63) is 70.3 Å². The van der Waals surface area contributed by atoms with Gasteiger partial charge in [0, 0.05) is 13.0 Å². The van der Waals surface area contributed by atoms with Crippen LogP contribution in [0.25, 0.3) is 16.6 Å². The Morgan fingerprint density at radius 1 is 1.09 bits per heavy atom. The Bertz CT molecular complexity index is 1190. The second-order valence-corrected chi connectivity index (χ2v) is 10.4. The highest BCUT2D eigenvalue weighted by Gasteiger charge is 2.27. The highest BCUT2D eigenvalue weighted by molar-refractivity contribution is 5.79. The summed E-state index contributed by atoms with van der Waals surface area (Å²) in [4.78, 5) is 33.7. The second kappa shape index (κ2) is 9.90. The fraction of sp³-hybridized carbons (Fsp3) is 0.464. The molecule has 1 amide bonds. The number of benzene rings is 2. The average Bonchev–Trinajstić information content (AvgIpc) is 2.72. The summed E-state index contributed by atoms with van der Waals surface area (Å²) >= 11 is 0. The molecule has 2 aromatic carbocycles. The molecule has 0 radical (unpaired) electrons. The van der Waals surface area contributed by atoms with Gasteiger partial charge in [-0.1, -0.05) is 52.0 Å². The van der Waals surface area contributed by atoms with E-state index in [1.165, 1.54) is 0 Å². The molecular weight excluding hydrogens is 410 g/mol. The summed E-state index contributed by atoms with van der Waals surface area (Å²) in [6.45, 7) is 15.3. The molecule has 33 heavy (non-hydrogen) atoms. The van der Waals surface area contributed by atoms with Crippen molar-refractivity contribution in [2.45, 2.75) is 67.3 Å². The van der Waals surface area contributed by atoms with Crippen LogP contribution in [0.5, 0.6) is 0 Å². The molecule has 3 aromatic rings. The van der Waals surface area contributed by atoms with Gasteiger partial charge in [0.05, 0.1) is 22.6 Å². The highest BCUT2D eigenvalue weighted by atomic mass is 16.2. The van der Waals surface area contributed by atoms with Crippen LogP contribution in [0.2, 0.25) is 0 Å². The number of aromatic nitrogens is 2. The molecule has 0 saturated carbocycles. The molecule has 3 rings (SSSR count). The number of hydrogen-bond acceptors (Lipinski definition) is 3. The van der Waals surface area contributed by atoms with Crippen LogP contribution in [0.1, 0.15) is 71.8 Å². The number of hydrogen-bond donors (Lipinski definition) is 0. The zero-order chi connectivity index (χ0) is 24.3. The van der Waals surface area contributed by atoms with Crippen LogP contribution in [0.4, 0.5) is 0 Å². The first-order valence-electron chi connectivity index (χ1n) is 11.9. The molecule has 0 saturated heterocycles. The summed E-state index contributed by atoms with van der Waals surface area (Å²) in [5, 5.41) is 0.572. The Morgan fingerprint density at radius 2 is 1.79 bits per heavy atom. The number of amides is 1. The van der Waals surface area contributed by atoms with Crippen LogP contribution >= 0.6 is 0 Å². The molecular formula is C28H37N3O2. The van der Waals surface area contributed by atoms with Gasteiger partial charge in [0.15, 0.2) is 0 Å². The number of aryl methyl sites for hydroxylation is 1. The topological polar surface area (TPSA) is 55.2 Å². The van der Waals surface area contributed by atoms with Gasteiger partial charge in [-0.05, 0) is 68.4 Å². The summed E-state index contributed by atoms with van der Waals surface area (Å²) in [7, 11) is 0. The van der Waals surface area contributed by atoms with Gasteiger partial charge in [0.2, 0.25) is 5.91 Å². The molecule has 5 nitrogen and oxygen atoms in total. The van der Waals surface area contributed by atoms with Gasteiger partial charge in [-0.3, -0.25) is 14.2 Å². The second-order valence-electron chi connectivity index (χ2n) is 10.4. The lowest BCUT2D eigenvalue weighted by molar-refractivity contribution is -0.134. The van der Waals surface area contributed by atoms with E-state index in [9.17, 15) is 9.59 Å². The predicted molar refractivity (Wildman–Crippen MR) is 136 cm³/mol. The molecule has 0 aliphatic carbocycles. The number of rotatable bonds is 7. The first-order chi connectivity index (χ1) is 15.5. The van der Waals surface area contributed by atoms with Gasteiger partial charge in [-0.25, -0.2) is 4.98 Å². The van der Waals surface area contributed by atoms with Gasteiger partial charge in [0.25, 0.3) is 5.56 Å². The predicted octanol–water partition coefficient (Wildman–Crippen LogP) is 6.07. The molecule has 5 heteroatoms. The van der Waals surface area contributed by atoms with Gasteiger partial charge < -0.3 is 4.90 Å². The number of carbonyl (C=O) groups excluding carboxylic acids is 1. The quantitative estimate of drug-likeness (QED) is 0.442. The SMILES string of the molecule is CCN(C(=O)CC(C)CC(C)(C)C)C(C)c1nc2ccccc2c(=O)n1-c1cccc(C)c1. The lowest BCUT2D eigenvalue weighted by atomic mass is 9.84. The first kappa shape index (κ1) is 24.7. The van der Waals surface area contributed by atoms with Crippen molar-refractivity contribution in [2.24, 2.45) is 11.3 Å². The fourth-order valence-corrected chi connectivity index (χ4v) is 4.79. The van der Waals surface area contributed by atoms with E-state index in [0.717, 1.165) is 17.7 Å². The van der Waals surface area contributed by atoms with Crippen LogP contribution in [-0.2, 0) is 4.79 Å². The van der Waals surface area contributed by atoms with E-state index >= 15 is 0 Å². The molecule has 2 atom stereocenters. The van der Waals surface area contributed by atoms with E-state index in [0.29, 0.717) is 29.7 Å². The minimum Gasteiger partial charge on any atom is -0.333 e. The third kappa shape index (κ3) is 5.70. The van der Waals surface area contributed by atoms with Gasteiger partial charge in [0.1, 0.15) is 5.82 Å². The first-order valence-corrected chi connectivity index (χ1v) is 11.9. The maximum atomic E-state index is 13.6. The molecule has 0 N–H and O–H groups in total. The molecule has 1 aromatic heterocycles. The molecule has 0 bridgehead atoms. The van der Waals surface area contributed by atoms with E-state index < -0.39 is 0 Å². The van der Waals surface area contributed by atoms with E-state index in [1.807, 2.05) is 74.2 Å². The van der Waals surface area contributed by atoms with Crippen LogP contribution in [-0.4, -0.2) is 26.9 Å². The molecule has 0 aliphatic heterocycles. The summed E-state index contributed by atoms with van der Waals surface area (Å²) in [5.41, 5.74) is 2.54. The molecule has 0 aliphatic rings. The van der Waals surface area contributed by atoms with Crippen molar-refractivity contribution in [2.75, 3.05) is 6.54 Å². The Balaban J connectivity index is 2.08. The van der Waals surface area contributed by atoms with E-state index in [4.69, 9.17) is 4.98 Å². The Hall–Kier alpha value is -2.95. The third-order valence-corrected chi connectivity index (χ3v) is 6.05.